The van der Waals surface area contributed by atoms with E-state index in [0.717, 1.165) is 12.1 Å². The van der Waals surface area contributed by atoms with E-state index in [0.29, 0.717) is 5.92 Å². The Balaban J connectivity index is 2.58. The molecule has 0 spiro atoms. The molecule has 0 fully saturated rings. The van der Waals surface area contributed by atoms with Crippen molar-refractivity contribution >= 4 is 0 Å². The number of rotatable bonds is 5. The van der Waals surface area contributed by atoms with Gasteiger partial charge in [0.25, 0.3) is 0 Å². The van der Waals surface area contributed by atoms with Gasteiger partial charge in [-0.25, -0.2) is 4.98 Å². The van der Waals surface area contributed by atoms with Crippen molar-refractivity contribution in [2.75, 3.05) is 0 Å². The summed E-state index contributed by atoms with van der Waals surface area (Å²) in [6.07, 6.45) is 5.88. The predicted octanol–water partition coefficient (Wildman–Crippen LogP) is 1.36. The molecule has 1 heterocycles. The number of hydrazine groups is 1. The first-order valence-corrected chi connectivity index (χ1v) is 5.07. The van der Waals surface area contributed by atoms with Crippen LogP contribution in [0.1, 0.15) is 38.4 Å². The van der Waals surface area contributed by atoms with Crippen molar-refractivity contribution < 1.29 is 0 Å². The summed E-state index contributed by atoms with van der Waals surface area (Å²) in [5.41, 5.74) is 3.99. The van der Waals surface area contributed by atoms with Crippen LogP contribution in [-0.2, 0) is 7.05 Å². The zero-order chi connectivity index (χ0) is 10.6. The van der Waals surface area contributed by atoms with Gasteiger partial charge in [-0.3, -0.25) is 11.3 Å². The molecule has 1 aromatic heterocycles. The van der Waals surface area contributed by atoms with Crippen molar-refractivity contribution in [1.82, 2.24) is 15.0 Å². The number of imidazole rings is 1. The van der Waals surface area contributed by atoms with Crippen LogP contribution in [0.3, 0.4) is 0 Å². The number of hydrogen-bond donors (Lipinski definition) is 2. The molecule has 0 radical (unpaired) electrons. The van der Waals surface area contributed by atoms with Gasteiger partial charge in [0, 0.05) is 13.2 Å². The smallest absolute Gasteiger partial charge is 0.0946 e. The molecular weight excluding hydrogens is 176 g/mol. The number of nitrogens with two attached hydrogens (primary N) is 1. The minimum Gasteiger partial charge on any atom is -0.336 e. The van der Waals surface area contributed by atoms with Gasteiger partial charge < -0.3 is 4.57 Å². The Kier molecular flexibility index (Phi) is 4.10. The van der Waals surface area contributed by atoms with E-state index in [4.69, 9.17) is 5.84 Å². The lowest BCUT2D eigenvalue weighted by molar-refractivity contribution is 0.433. The van der Waals surface area contributed by atoms with Crippen LogP contribution in [0.25, 0.3) is 0 Å². The minimum atomic E-state index is 0.213. The second kappa shape index (κ2) is 5.12. The zero-order valence-corrected chi connectivity index (χ0v) is 9.20. The fourth-order valence-corrected chi connectivity index (χ4v) is 1.52. The molecular formula is C10H20N4. The molecule has 14 heavy (non-hydrogen) atoms. The summed E-state index contributed by atoms with van der Waals surface area (Å²) in [4.78, 5) is 4.09. The summed E-state index contributed by atoms with van der Waals surface area (Å²) < 4.78 is 2.00. The van der Waals surface area contributed by atoms with Crippen LogP contribution in [0.5, 0.6) is 0 Å². The number of aromatic nitrogens is 2. The molecule has 0 saturated heterocycles. The highest BCUT2D eigenvalue weighted by atomic mass is 15.2. The number of nitrogens with one attached hydrogen (secondary N) is 1. The molecule has 0 aliphatic carbocycles. The number of hydrogen-bond acceptors (Lipinski definition) is 3. The summed E-state index contributed by atoms with van der Waals surface area (Å²) in [7, 11) is 1.99. The molecule has 4 heteroatoms. The topological polar surface area (TPSA) is 55.9 Å². The lowest BCUT2D eigenvalue weighted by atomic mass is 10.0. The molecule has 0 aromatic carbocycles. The maximum atomic E-state index is 5.53. The highest BCUT2D eigenvalue weighted by molar-refractivity contribution is 5.04. The summed E-state index contributed by atoms with van der Waals surface area (Å²) in [6, 6.07) is 0.213. The summed E-state index contributed by atoms with van der Waals surface area (Å²) in [6.45, 7) is 4.44. The Hall–Kier alpha value is -0.870. The summed E-state index contributed by atoms with van der Waals surface area (Å²) in [5, 5.41) is 0. The first-order valence-electron chi connectivity index (χ1n) is 5.07. The van der Waals surface area contributed by atoms with Gasteiger partial charge in [0.05, 0.1) is 18.1 Å². The van der Waals surface area contributed by atoms with Crippen LogP contribution in [0.2, 0.25) is 0 Å². The van der Waals surface area contributed by atoms with Gasteiger partial charge in [-0.2, -0.15) is 0 Å². The van der Waals surface area contributed by atoms with Crippen molar-refractivity contribution in [2.24, 2.45) is 18.8 Å². The normalized spacial score (nSPS) is 13.5. The van der Waals surface area contributed by atoms with E-state index in [9.17, 15) is 0 Å². The van der Waals surface area contributed by atoms with Gasteiger partial charge in [0.2, 0.25) is 0 Å². The SMILES string of the molecule is CC(C)CCC(NN)c1cncn1C. The Labute approximate surface area is 85.5 Å². The Morgan fingerprint density at radius 3 is 2.64 bits per heavy atom. The zero-order valence-electron chi connectivity index (χ0n) is 9.20. The third-order valence-corrected chi connectivity index (χ3v) is 2.44. The fraction of sp³-hybridized carbons (Fsp3) is 0.700. The monoisotopic (exact) mass is 196 g/mol. The summed E-state index contributed by atoms with van der Waals surface area (Å²) >= 11 is 0. The van der Waals surface area contributed by atoms with Crippen molar-refractivity contribution in [3.8, 4) is 0 Å². The van der Waals surface area contributed by atoms with Crippen LogP contribution in [-0.4, -0.2) is 9.55 Å². The standard InChI is InChI=1S/C10H20N4/c1-8(2)4-5-9(13-11)10-6-12-7-14(10)3/h6-9,13H,4-5,11H2,1-3H3. The second-order valence-electron chi connectivity index (χ2n) is 4.12. The van der Waals surface area contributed by atoms with Crippen molar-refractivity contribution in [3.63, 3.8) is 0 Å². The maximum absolute atomic E-state index is 5.53. The Bertz CT molecular complexity index is 267. The third kappa shape index (κ3) is 2.82. The molecule has 0 aliphatic heterocycles. The van der Waals surface area contributed by atoms with Crippen molar-refractivity contribution in [2.45, 2.75) is 32.7 Å². The van der Waals surface area contributed by atoms with E-state index in [-0.39, 0.29) is 6.04 Å². The van der Waals surface area contributed by atoms with Gasteiger partial charge in [0.15, 0.2) is 0 Å². The number of aryl methyl sites for hydroxylation is 1. The lowest BCUT2D eigenvalue weighted by Crippen LogP contribution is -2.29. The van der Waals surface area contributed by atoms with Gasteiger partial charge >= 0.3 is 0 Å². The molecule has 0 saturated carbocycles. The largest absolute Gasteiger partial charge is 0.336 e. The molecule has 80 valence electrons. The maximum Gasteiger partial charge on any atom is 0.0946 e. The van der Waals surface area contributed by atoms with E-state index >= 15 is 0 Å². The van der Waals surface area contributed by atoms with Crippen LogP contribution < -0.4 is 11.3 Å². The van der Waals surface area contributed by atoms with Gasteiger partial charge in [-0.15, -0.1) is 0 Å². The lowest BCUT2D eigenvalue weighted by Gasteiger charge is -2.17. The Morgan fingerprint density at radius 2 is 2.21 bits per heavy atom. The van der Waals surface area contributed by atoms with E-state index in [2.05, 4.69) is 24.3 Å². The molecule has 0 aliphatic rings. The van der Waals surface area contributed by atoms with Gasteiger partial charge in [0.1, 0.15) is 0 Å². The minimum absolute atomic E-state index is 0.213. The second-order valence-corrected chi connectivity index (χ2v) is 4.12. The molecule has 0 amide bonds. The van der Waals surface area contributed by atoms with Crippen LogP contribution >= 0.6 is 0 Å². The summed E-state index contributed by atoms with van der Waals surface area (Å²) in [5.74, 6) is 6.24. The fourth-order valence-electron chi connectivity index (χ4n) is 1.52. The van der Waals surface area contributed by atoms with Crippen LogP contribution in [0.15, 0.2) is 12.5 Å². The molecule has 1 unspecified atom stereocenters. The highest BCUT2D eigenvalue weighted by Crippen LogP contribution is 2.19. The van der Waals surface area contributed by atoms with Crippen LogP contribution in [0.4, 0.5) is 0 Å². The van der Waals surface area contributed by atoms with E-state index in [1.807, 2.05) is 17.8 Å². The third-order valence-electron chi connectivity index (χ3n) is 2.44. The molecule has 0 bridgehead atoms. The van der Waals surface area contributed by atoms with Gasteiger partial charge in [-0.05, 0) is 18.8 Å². The van der Waals surface area contributed by atoms with E-state index in [1.54, 1.807) is 6.33 Å². The number of nitrogens with zero attached hydrogens (tertiary/aromatic N) is 2. The van der Waals surface area contributed by atoms with Gasteiger partial charge in [-0.1, -0.05) is 13.8 Å². The highest BCUT2D eigenvalue weighted by Gasteiger charge is 2.13. The average molecular weight is 196 g/mol. The first kappa shape index (κ1) is 11.2. The predicted molar refractivity (Wildman–Crippen MR) is 57.3 cm³/mol. The van der Waals surface area contributed by atoms with Crippen LogP contribution in [0, 0.1) is 5.92 Å². The molecule has 1 rings (SSSR count). The molecule has 1 aromatic rings. The Morgan fingerprint density at radius 1 is 1.50 bits per heavy atom. The van der Waals surface area contributed by atoms with E-state index < -0.39 is 0 Å². The van der Waals surface area contributed by atoms with E-state index in [1.165, 1.54) is 6.42 Å². The van der Waals surface area contributed by atoms with Crippen molar-refractivity contribution in [1.29, 1.82) is 0 Å². The molecule has 4 nitrogen and oxygen atoms in total. The first-order chi connectivity index (χ1) is 6.65. The molecule has 3 N–H and O–H groups in total. The molecule has 1 atom stereocenters. The van der Waals surface area contributed by atoms with Crippen molar-refractivity contribution in [3.05, 3.63) is 18.2 Å². The quantitative estimate of drug-likeness (QED) is 0.552. The average Bonchev–Trinajstić information content (AvgIpc) is 2.53.